The zero-order valence-corrected chi connectivity index (χ0v) is 13.9. The summed E-state index contributed by atoms with van der Waals surface area (Å²) >= 11 is 0. The van der Waals surface area contributed by atoms with Gasteiger partial charge in [-0.2, -0.15) is 0 Å². The van der Waals surface area contributed by atoms with E-state index in [9.17, 15) is 4.79 Å². The Kier molecular flexibility index (Phi) is 4.63. The van der Waals surface area contributed by atoms with Crippen molar-refractivity contribution >= 4 is 16.9 Å². The molecule has 1 saturated heterocycles. The second kappa shape index (κ2) is 6.68. The van der Waals surface area contributed by atoms with Gasteiger partial charge in [0.1, 0.15) is 11.9 Å². The van der Waals surface area contributed by atoms with Gasteiger partial charge in [0, 0.05) is 12.6 Å². The number of imidazole rings is 1. The van der Waals surface area contributed by atoms with Gasteiger partial charge in [-0.3, -0.25) is 4.79 Å². The largest absolute Gasteiger partial charge is 0.378 e. The molecule has 6 nitrogen and oxygen atoms in total. The molecule has 0 spiro atoms. The molecular weight excluding hydrogens is 292 g/mol. The number of nitrogens with zero attached hydrogens (tertiary/aromatic N) is 2. The van der Waals surface area contributed by atoms with E-state index < -0.39 is 0 Å². The van der Waals surface area contributed by atoms with Crippen LogP contribution in [0.1, 0.15) is 38.7 Å². The molecule has 2 aromatic rings. The Morgan fingerprint density at radius 2 is 2.17 bits per heavy atom. The number of fused-ring (bicyclic) bond motifs is 1. The summed E-state index contributed by atoms with van der Waals surface area (Å²) in [5, 5.41) is 6.23. The van der Waals surface area contributed by atoms with Gasteiger partial charge in [0.2, 0.25) is 5.91 Å². The summed E-state index contributed by atoms with van der Waals surface area (Å²) in [6.45, 7) is 8.01. The molecule has 124 valence electrons. The summed E-state index contributed by atoms with van der Waals surface area (Å²) in [5.41, 5.74) is 2.05. The molecule has 1 aromatic carbocycles. The lowest BCUT2D eigenvalue weighted by Gasteiger charge is -2.25. The Morgan fingerprint density at radius 1 is 1.39 bits per heavy atom. The number of nitrogens with one attached hydrogen (secondary N) is 2. The fourth-order valence-electron chi connectivity index (χ4n) is 3.02. The fraction of sp³-hybridized carbons (Fsp3) is 0.529. The van der Waals surface area contributed by atoms with E-state index in [-0.39, 0.29) is 24.0 Å². The van der Waals surface area contributed by atoms with Gasteiger partial charge in [0.25, 0.3) is 0 Å². The van der Waals surface area contributed by atoms with Crippen LogP contribution in [0.5, 0.6) is 0 Å². The van der Waals surface area contributed by atoms with Crippen molar-refractivity contribution in [2.45, 2.75) is 38.9 Å². The van der Waals surface area contributed by atoms with Gasteiger partial charge >= 0.3 is 0 Å². The summed E-state index contributed by atoms with van der Waals surface area (Å²) in [6, 6.07) is 7.88. The van der Waals surface area contributed by atoms with E-state index in [4.69, 9.17) is 9.72 Å². The minimum atomic E-state index is -0.289. The van der Waals surface area contributed by atoms with Crippen LogP contribution in [0.15, 0.2) is 24.3 Å². The second-order valence-corrected chi connectivity index (χ2v) is 6.23. The molecule has 1 amide bonds. The van der Waals surface area contributed by atoms with Crippen LogP contribution in [0.2, 0.25) is 0 Å². The summed E-state index contributed by atoms with van der Waals surface area (Å²) in [7, 11) is 0. The van der Waals surface area contributed by atoms with E-state index in [1.54, 1.807) is 0 Å². The number of benzene rings is 1. The number of ether oxygens (including phenoxy) is 1. The highest BCUT2D eigenvalue weighted by molar-refractivity contribution is 5.82. The van der Waals surface area contributed by atoms with Gasteiger partial charge in [-0.1, -0.05) is 12.1 Å². The average Bonchev–Trinajstić information content (AvgIpc) is 2.95. The van der Waals surface area contributed by atoms with Crippen LogP contribution in [-0.4, -0.2) is 41.3 Å². The lowest BCUT2D eigenvalue weighted by Crippen LogP contribution is -2.51. The molecule has 2 heterocycles. The molecule has 2 unspecified atom stereocenters. The predicted octanol–water partition coefficient (Wildman–Crippen LogP) is 1.78. The number of hydrogen-bond acceptors (Lipinski definition) is 4. The Balaban J connectivity index is 1.84. The first-order valence-corrected chi connectivity index (χ1v) is 8.16. The van der Waals surface area contributed by atoms with Crippen LogP contribution in [0.4, 0.5) is 0 Å². The van der Waals surface area contributed by atoms with Crippen LogP contribution in [0.25, 0.3) is 11.0 Å². The second-order valence-electron chi connectivity index (χ2n) is 6.23. The number of amides is 1. The highest BCUT2D eigenvalue weighted by Gasteiger charge is 2.25. The quantitative estimate of drug-likeness (QED) is 0.902. The maximum Gasteiger partial charge on any atom is 0.240 e. The molecule has 23 heavy (non-hydrogen) atoms. The smallest absolute Gasteiger partial charge is 0.240 e. The van der Waals surface area contributed by atoms with Crippen molar-refractivity contribution in [3.05, 3.63) is 30.1 Å². The van der Waals surface area contributed by atoms with Crippen molar-refractivity contribution in [3.63, 3.8) is 0 Å². The first-order chi connectivity index (χ1) is 11.1. The van der Waals surface area contributed by atoms with Crippen LogP contribution in [-0.2, 0) is 9.53 Å². The van der Waals surface area contributed by atoms with E-state index >= 15 is 0 Å². The molecule has 3 rings (SSSR count). The van der Waals surface area contributed by atoms with E-state index in [1.165, 1.54) is 0 Å². The van der Waals surface area contributed by atoms with Crippen LogP contribution in [0, 0.1) is 0 Å². The lowest BCUT2D eigenvalue weighted by atomic mass is 10.2. The van der Waals surface area contributed by atoms with Crippen molar-refractivity contribution in [2.75, 3.05) is 19.8 Å². The molecule has 0 aliphatic carbocycles. The van der Waals surface area contributed by atoms with Crippen molar-refractivity contribution < 1.29 is 9.53 Å². The van der Waals surface area contributed by atoms with E-state index in [1.807, 2.05) is 25.1 Å². The number of rotatable bonds is 4. The maximum absolute atomic E-state index is 12.4. The molecule has 0 bridgehead atoms. The third kappa shape index (κ3) is 3.23. The monoisotopic (exact) mass is 316 g/mol. The first kappa shape index (κ1) is 16.0. The summed E-state index contributed by atoms with van der Waals surface area (Å²) in [5.74, 6) is 0.839. The van der Waals surface area contributed by atoms with Crippen molar-refractivity contribution in [1.29, 1.82) is 0 Å². The minimum Gasteiger partial charge on any atom is -0.378 e. The Bertz CT molecular complexity index is 689. The predicted molar refractivity (Wildman–Crippen MR) is 89.3 cm³/mol. The van der Waals surface area contributed by atoms with Crippen molar-refractivity contribution in [2.24, 2.45) is 0 Å². The van der Waals surface area contributed by atoms with Gasteiger partial charge in [-0.25, -0.2) is 4.98 Å². The molecule has 1 fully saturated rings. The third-order valence-corrected chi connectivity index (χ3v) is 4.12. The van der Waals surface area contributed by atoms with Crippen LogP contribution >= 0.6 is 0 Å². The summed E-state index contributed by atoms with van der Waals surface area (Å²) in [4.78, 5) is 17.1. The molecule has 1 aliphatic rings. The Hall–Kier alpha value is -1.92. The zero-order valence-electron chi connectivity index (χ0n) is 13.9. The Labute approximate surface area is 136 Å². The van der Waals surface area contributed by atoms with Crippen LogP contribution in [0.3, 0.4) is 0 Å². The van der Waals surface area contributed by atoms with Gasteiger partial charge in [0.15, 0.2) is 0 Å². The summed E-state index contributed by atoms with van der Waals surface area (Å²) in [6.07, 6.45) is 0. The number of hydrogen-bond donors (Lipinski definition) is 2. The average molecular weight is 316 g/mol. The molecule has 0 saturated carbocycles. The SMILES string of the molecule is CC(NC(=O)C1COCCN1)c1nc2ccccc2n1C(C)C. The zero-order chi connectivity index (χ0) is 16.4. The maximum atomic E-state index is 12.4. The molecule has 2 atom stereocenters. The van der Waals surface area contributed by atoms with E-state index in [0.29, 0.717) is 19.8 Å². The number of carbonyl (C=O) groups excluding carboxylic acids is 1. The first-order valence-electron chi connectivity index (χ1n) is 8.16. The molecule has 1 aromatic heterocycles. The van der Waals surface area contributed by atoms with Gasteiger partial charge < -0.3 is 19.9 Å². The highest BCUT2D eigenvalue weighted by atomic mass is 16.5. The normalized spacial score (nSPS) is 19.9. The van der Waals surface area contributed by atoms with Crippen LogP contribution < -0.4 is 10.6 Å². The number of carbonyl (C=O) groups is 1. The van der Waals surface area contributed by atoms with E-state index in [0.717, 1.165) is 16.9 Å². The molecule has 2 N–H and O–H groups in total. The Morgan fingerprint density at radius 3 is 2.87 bits per heavy atom. The lowest BCUT2D eigenvalue weighted by molar-refractivity contribution is -0.126. The molecule has 0 radical (unpaired) electrons. The molecule has 6 heteroatoms. The topological polar surface area (TPSA) is 68.2 Å². The van der Waals surface area contributed by atoms with E-state index in [2.05, 4.69) is 35.1 Å². The van der Waals surface area contributed by atoms with Gasteiger partial charge in [0.05, 0.1) is 30.3 Å². The molecular formula is C17H24N4O2. The highest BCUT2D eigenvalue weighted by Crippen LogP contribution is 2.24. The standard InChI is InChI=1S/C17H24N4O2/c1-11(2)21-15-7-5-4-6-13(15)20-16(21)12(3)19-17(22)14-10-23-9-8-18-14/h4-7,11-12,14,18H,8-10H2,1-3H3,(H,19,22). The van der Waals surface area contributed by atoms with Gasteiger partial charge in [-0.15, -0.1) is 0 Å². The van der Waals surface area contributed by atoms with Crippen molar-refractivity contribution in [3.8, 4) is 0 Å². The number of morpholine rings is 1. The molecule has 1 aliphatic heterocycles. The fourth-order valence-corrected chi connectivity index (χ4v) is 3.02. The summed E-state index contributed by atoms with van der Waals surface area (Å²) < 4.78 is 7.54. The van der Waals surface area contributed by atoms with Crippen molar-refractivity contribution in [1.82, 2.24) is 20.2 Å². The van der Waals surface area contributed by atoms with Gasteiger partial charge in [-0.05, 0) is 32.9 Å². The minimum absolute atomic E-state index is 0.0421. The number of para-hydroxylation sites is 2. The number of aromatic nitrogens is 2. The third-order valence-electron chi connectivity index (χ3n) is 4.12.